The Kier molecular flexibility index (Phi) is 4.82. The molecule has 0 radical (unpaired) electrons. The number of halogens is 2. The van der Waals surface area contributed by atoms with Crippen LogP contribution in [0.15, 0.2) is 18.2 Å². The molecule has 4 nitrogen and oxygen atoms in total. The predicted octanol–water partition coefficient (Wildman–Crippen LogP) is 2.11. The molecule has 7 heteroatoms. The fourth-order valence-electron chi connectivity index (χ4n) is 2.37. The van der Waals surface area contributed by atoms with Crippen molar-refractivity contribution in [3.63, 3.8) is 0 Å². The Morgan fingerprint density at radius 2 is 2.25 bits per heavy atom. The Morgan fingerprint density at radius 1 is 1.50 bits per heavy atom. The molecule has 0 bridgehead atoms. The lowest BCUT2D eigenvalue weighted by molar-refractivity contribution is 0.139. The molecule has 1 aromatic rings. The van der Waals surface area contributed by atoms with Crippen LogP contribution in [0.2, 0.25) is 0 Å². The van der Waals surface area contributed by atoms with Gasteiger partial charge in [-0.15, -0.1) is 0 Å². The molecule has 1 aliphatic rings. The molecule has 1 fully saturated rings. The van der Waals surface area contributed by atoms with E-state index in [2.05, 4.69) is 17.9 Å². The van der Waals surface area contributed by atoms with Crippen LogP contribution in [0.1, 0.15) is 12.0 Å². The van der Waals surface area contributed by atoms with E-state index >= 15 is 0 Å². The molecular weight excluding hydrogens is 286 g/mol. The Bertz CT molecular complexity index is 501. The van der Waals surface area contributed by atoms with Crippen LogP contribution in [0.4, 0.5) is 13.6 Å². The minimum absolute atomic E-state index is 0.0174. The lowest BCUT2D eigenvalue weighted by Gasteiger charge is -2.21. The van der Waals surface area contributed by atoms with E-state index in [1.165, 1.54) is 4.90 Å². The molecule has 1 amide bonds. The molecule has 0 aromatic heterocycles. The first-order chi connectivity index (χ1) is 9.47. The van der Waals surface area contributed by atoms with E-state index < -0.39 is 17.7 Å². The van der Waals surface area contributed by atoms with Crippen molar-refractivity contribution in [2.24, 2.45) is 0 Å². The molecule has 2 N–H and O–H groups in total. The topological polar surface area (TPSA) is 52.6 Å². The summed E-state index contributed by atoms with van der Waals surface area (Å²) >= 11 is 4.29. The van der Waals surface area contributed by atoms with Crippen molar-refractivity contribution in [2.75, 3.05) is 13.1 Å². The number of carbonyl (C=O) groups is 1. The predicted molar refractivity (Wildman–Crippen MR) is 74.0 cm³/mol. The first kappa shape index (κ1) is 15.1. The SMILES string of the molecule is O=C(O)N1CC(S)CC1CNCc1cc(F)ccc1F. The van der Waals surface area contributed by atoms with Gasteiger partial charge in [0.25, 0.3) is 0 Å². The van der Waals surface area contributed by atoms with Gasteiger partial charge in [-0.25, -0.2) is 13.6 Å². The number of rotatable bonds is 4. The van der Waals surface area contributed by atoms with E-state index in [4.69, 9.17) is 5.11 Å². The molecule has 0 saturated carbocycles. The Balaban J connectivity index is 1.89. The van der Waals surface area contributed by atoms with Crippen LogP contribution in [0, 0.1) is 11.6 Å². The van der Waals surface area contributed by atoms with Gasteiger partial charge in [0, 0.05) is 36.5 Å². The first-order valence-electron chi connectivity index (χ1n) is 6.29. The van der Waals surface area contributed by atoms with Gasteiger partial charge in [0.2, 0.25) is 0 Å². The van der Waals surface area contributed by atoms with Crippen LogP contribution >= 0.6 is 12.6 Å². The van der Waals surface area contributed by atoms with Crippen LogP contribution in [-0.4, -0.2) is 40.5 Å². The Hall–Kier alpha value is -1.34. The number of carboxylic acid groups (broad SMARTS) is 1. The molecule has 20 heavy (non-hydrogen) atoms. The normalized spacial score (nSPS) is 22.2. The summed E-state index contributed by atoms with van der Waals surface area (Å²) in [6, 6.07) is 3.09. The molecule has 1 aromatic carbocycles. The minimum atomic E-state index is -0.981. The molecule has 110 valence electrons. The molecule has 1 saturated heterocycles. The third kappa shape index (κ3) is 3.61. The van der Waals surface area contributed by atoms with Gasteiger partial charge < -0.3 is 15.3 Å². The average Bonchev–Trinajstić information content (AvgIpc) is 2.75. The summed E-state index contributed by atoms with van der Waals surface area (Å²) < 4.78 is 26.4. The van der Waals surface area contributed by atoms with Gasteiger partial charge in [-0.05, 0) is 24.6 Å². The maximum Gasteiger partial charge on any atom is 0.407 e. The smallest absolute Gasteiger partial charge is 0.407 e. The average molecular weight is 302 g/mol. The van der Waals surface area contributed by atoms with Crippen LogP contribution in [0.25, 0.3) is 0 Å². The lowest BCUT2D eigenvalue weighted by atomic mass is 10.2. The van der Waals surface area contributed by atoms with Gasteiger partial charge in [0.1, 0.15) is 11.6 Å². The molecule has 0 aliphatic carbocycles. The van der Waals surface area contributed by atoms with Crippen molar-refractivity contribution in [1.29, 1.82) is 0 Å². The van der Waals surface area contributed by atoms with Gasteiger partial charge in [-0.3, -0.25) is 0 Å². The van der Waals surface area contributed by atoms with Gasteiger partial charge in [0.15, 0.2) is 0 Å². The van der Waals surface area contributed by atoms with Gasteiger partial charge >= 0.3 is 6.09 Å². The van der Waals surface area contributed by atoms with Crippen molar-refractivity contribution >= 4 is 18.7 Å². The number of nitrogens with zero attached hydrogens (tertiary/aromatic N) is 1. The molecular formula is C13H16F2N2O2S. The summed E-state index contributed by atoms with van der Waals surface area (Å²) in [6.45, 7) is 0.934. The van der Waals surface area contributed by atoms with E-state index in [1.807, 2.05) is 0 Å². The highest BCUT2D eigenvalue weighted by Crippen LogP contribution is 2.21. The summed E-state index contributed by atoms with van der Waals surface area (Å²) in [5.74, 6) is -0.973. The second-order valence-electron chi connectivity index (χ2n) is 4.84. The minimum Gasteiger partial charge on any atom is -0.465 e. The number of benzene rings is 1. The Labute approximate surface area is 121 Å². The van der Waals surface area contributed by atoms with Crippen molar-refractivity contribution < 1.29 is 18.7 Å². The fraction of sp³-hybridized carbons (Fsp3) is 0.462. The third-order valence-corrected chi connectivity index (χ3v) is 3.72. The maximum atomic E-state index is 13.4. The summed E-state index contributed by atoms with van der Waals surface area (Å²) in [7, 11) is 0. The van der Waals surface area contributed by atoms with E-state index in [0.29, 0.717) is 19.5 Å². The second kappa shape index (κ2) is 6.41. The van der Waals surface area contributed by atoms with Crippen LogP contribution in [0.5, 0.6) is 0 Å². The highest BCUT2D eigenvalue weighted by Gasteiger charge is 2.33. The quantitative estimate of drug-likeness (QED) is 0.747. The zero-order valence-corrected chi connectivity index (χ0v) is 11.6. The number of thiol groups is 1. The molecule has 2 atom stereocenters. The standard InChI is InChI=1S/C13H16F2N2O2S/c14-9-1-2-12(15)8(3-9)5-16-6-10-4-11(20)7-17(10)13(18)19/h1-3,10-11,16,20H,4-7H2,(H,18,19). The number of amides is 1. The van der Waals surface area contributed by atoms with E-state index in [0.717, 1.165) is 18.2 Å². The molecule has 2 unspecified atom stereocenters. The first-order valence-corrected chi connectivity index (χ1v) is 6.81. The van der Waals surface area contributed by atoms with Crippen molar-refractivity contribution in [3.05, 3.63) is 35.4 Å². The fourth-order valence-corrected chi connectivity index (χ4v) is 2.79. The summed E-state index contributed by atoms with van der Waals surface area (Å²) in [4.78, 5) is 12.4. The summed E-state index contributed by atoms with van der Waals surface area (Å²) in [5.41, 5.74) is 0.229. The van der Waals surface area contributed by atoms with E-state index in [9.17, 15) is 13.6 Å². The van der Waals surface area contributed by atoms with Crippen molar-refractivity contribution in [2.45, 2.75) is 24.3 Å². The van der Waals surface area contributed by atoms with Gasteiger partial charge in [-0.1, -0.05) is 0 Å². The summed E-state index contributed by atoms with van der Waals surface area (Å²) in [6.07, 6.45) is -0.334. The number of nitrogens with one attached hydrogen (secondary N) is 1. The van der Waals surface area contributed by atoms with Gasteiger partial charge in [0.05, 0.1) is 0 Å². The zero-order chi connectivity index (χ0) is 14.7. The highest BCUT2D eigenvalue weighted by atomic mass is 32.1. The van der Waals surface area contributed by atoms with Crippen molar-refractivity contribution in [3.8, 4) is 0 Å². The maximum absolute atomic E-state index is 13.4. The van der Waals surface area contributed by atoms with E-state index in [1.54, 1.807) is 0 Å². The molecule has 1 heterocycles. The lowest BCUT2D eigenvalue weighted by Crippen LogP contribution is -2.40. The third-order valence-electron chi connectivity index (χ3n) is 3.34. The highest BCUT2D eigenvalue weighted by molar-refractivity contribution is 7.81. The second-order valence-corrected chi connectivity index (χ2v) is 5.58. The number of hydrogen-bond acceptors (Lipinski definition) is 3. The molecule has 0 spiro atoms. The van der Waals surface area contributed by atoms with Gasteiger partial charge in [-0.2, -0.15) is 12.6 Å². The molecule has 1 aliphatic heterocycles. The zero-order valence-electron chi connectivity index (χ0n) is 10.7. The van der Waals surface area contributed by atoms with Crippen molar-refractivity contribution in [1.82, 2.24) is 10.2 Å². The summed E-state index contributed by atoms with van der Waals surface area (Å²) in [5, 5.41) is 12.0. The van der Waals surface area contributed by atoms with Crippen LogP contribution < -0.4 is 5.32 Å². The molecule has 2 rings (SSSR count). The Morgan fingerprint density at radius 3 is 2.95 bits per heavy atom. The monoisotopic (exact) mass is 302 g/mol. The number of hydrogen-bond donors (Lipinski definition) is 3. The largest absolute Gasteiger partial charge is 0.465 e. The van der Waals surface area contributed by atoms with Crippen LogP contribution in [0.3, 0.4) is 0 Å². The van der Waals surface area contributed by atoms with E-state index in [-0.39, 0.29) is 23.4 Å². The van der Waals surface area contributed by atoms with Crippen LogP contribution in [-0.2, 0) is 6.54 Å². The number of likely N-dealkylation sites (tertiary alicyclic amines) is 1.